The van der Waals surface area contributed by atoms with Crippen LogP contribution in [0, 0.1) is 0 Å². The van der Waals surface area contributed by atoms with E-state index in [-0.39, 0.29) is 34.6 Å². The number of anilines is 4. The Morgan fingerprint density at radius 3 is 2.50 bits per heavy atom. The maximum atomic E-state index is 13.0. The van der Waals surface area contributed by atoms with Crippen molar-refractivity contribution in [1.82, 2.24) is 0 Å². The topological polar surface area (TPSA) is 98.7 Å². The third-order valence-corrected chi connectivity index (χ3v) is 5.98. The van der Waals surface area contributed by atoms with E-state index in [0.717, 1.165) is 10.8 Å². The van der Waals surface area contributed by atoms with Crippen LogP contribution >= 0.6 is 11.6 Å². The van der Waals surface area contributed by atoms with Crippen molar-refractivity contribution in [2.75, 3.05) is 15.5 Å². The van der Waals surface area contributed by atoms with E-state index in [1.807, 2.05) is 30.3 Å². The number of aromatic hydroxyl groups is 1. The van der Waals surface area contributed by atoms with Gasteiger partial charge in [-0.3, -0.25) is 19.3 Å². The number of hydrogen-bond donors (Lipinski definition) is 3. The van der Waals surface area contributed by atoms with Crippen LogP contribution < -0.4 is 15.5 Å². The fourth-order valence-electron chi connectivity index (χ4n) is 3.98. The van der Waals surface area contributed by atoms with E-state index < -0.39 is 5.91 Å². The molecule has 1 aliphatic heterocycles. The van der Waals surface area contributed by atoms with Gasteiger partial charge in [0.2, 0.25) is 11.8 Å². The Morgan fingerprint density at radius 2 is 1.71 bits per heavy atom. The fourth-order valence-corrected chi connectivity index (χ4v) is 4.19. The summed E-state index contributed by atoms with van der Waals surface area (Å²) in [5, 5.41) is 17.1. The van der Waals surface area contributed by atoms with Crippen molar-refractivity contribution in [2.24, 2.45) is 0 Å². The summed E-state index contributed by atoms with van der Waals surface area (Å²) < 4.78 is 0. The van der Waals surface area contributed by atoms with Gasteiger partial charge in [-0.2, -0.15) is 0 Å². The summed E-state index contributed by atoms with van der Waals surface area (Å²) in [6.45, 7) is 0. The normalized spacial score (nSPS) is 13.3. The van der Waals surface area contributed by atoms with Crippen molar-refractivity contribution >= 4 is 62.8 Å². The number of nitrogens with zero attached hydrogens (tertiary/aromatic N) is 1. The van der Waals surface area contributed by atoms with Gasteiger partial charge in [0.1, 0.15) is 12.2 Å². The fraction of sp³-hybridized carbons (Fsp3) is 0.0385. The number of rotatable bonds is 3. The molecular weight excluding hydrogens is 454 g/mol. The number of hydrogen-bond acceptors (Lipinski definition) is 4. The molecule has 3 N–H and O–H groups in total. The molecule has 0 fully saturated rings. The minimum atomic E-state index is -0.480. The van der Waals surface area contributed by atoms with E-state index in [0.29, 0.717) is 22.7 Å². The van der Waals surface area contributed by atoms with Gasteiger partial charge in [0, 0.05) is 16.8 Å². The first-order valence-electron chi connectivity index (χ1n) is 10.5. The number of phenolic OH excluding ortho intramolecular Hbond substituents is 1. The lowest BCUT2D eigenvalue weighted by Gasteiger charge is -2.23. The number of carbonyl (C=O) groups excluding carboxylic acids is 3. The molecule has 1 aliphatic rings. The van der Waals surface area contributed by atoms with E-state index in [1.54, 1.807) is 30.3 Å². The molecule has 0 aliphatic carbocycles. The molecule has 4 aromatic carbocycles. The molecule has 4 aromatic rings. The second-order valence-electron chi connectivity index (χ2n) is 7.77. The number of phenols is 1. The van der Waals surface area contributed by atoms with Gasteiger partial charge in [-0.05, 0) is 47.9 Å². The Morgan fingerprint density at radius 1 is 0.941 bits per heavy atom. The van der Waals surface area contributed by atoms with Crippen LogP contribution in [0.5, 0.6) is 5.75 Å². The molecule has 0 aromatic heterocycles. The molecule has 0 radical (unpaired) electrons. The van der Waals surface area contributed by atoms with Crippen LogP contribution in [0.2, 0.25) is 5.02 Å². The standard InChI is InChI=1S/C26H18ClN3O4/c27-24-19(6-3-7-21(24)31)26(34)28-16-9-11-17(12-10-16)30-20-13-8-15-4-1-2-5-18(15)25(20)29-22(32)14-23(30)33/h1-13,31H,14H2,(H,28,34)(H,29,32). The molecule has 168 valence electrons. The zero-order valence-electron chi connectivity index (χ0n) is 17.7. The van der Waals surface area contributed by atoms with Gasteiger partial charge < -0.3 is 15.7 Å². The SMILES string of the molecule is O=C1CC(=O)N(c2ccc(NC(=O)c3cccc(O)c3Cl)cc2)c2ccc3ccccc3c2N1. The van der Waals surface area contributed by atoms with Gasteiger partial charge in [-0.1, -0.05) is 48.0 Å². The van der Waals surface area contributed by atoms with Gasteiger partial charge in [0.25, 0.3) is 5.91 Å². The quantitative estimate of drug-likeness (QED) is 0.345. The van der Waals surface area contributed by atoms with Crippen LogP contribution in [0.15, 0.2) is 78.9 Å². The second-order valence-corrected chi connectivity index (χ2v) is 8.15. The van der Waals surface area contributed by atoms with Gasteiger partial charge in [0.15, 0.2) is 0 Å². The maximum Gasteiger partial charge on any atom is 0.257 e. The third-order valence-electron chi connectivity index (χ3n) is 5.58. The zero-order chi connectivity index (χ0) is 23.8. The maximum absolute atomic E-state index is 13.0. The Bertz CT molecular complexity index is 1470. The molecule has 7 nitrogen and oxygen atoms in total. The van der Waals surface area contributed by atoms with E-state index >= 15 is 0 Å². The summed E-state index contributed by atoms with van der Waals surface area (Å²) in [5.41, 5.74) is 2.30. The predicted octanol–water partition coefficient (Wildman–Crippen LogP) is 5.46. The Labute approximate surface area is 199 Å². The molecule has 0 spiro atoms. The van der Waals surface area contributed by atoms with E-state index in [9.17, 15) is 19.5 Å². The van der Waals surface area contributed by atoms with E-state index in [1.165, 1.54) is 23.1 Å². The zero-order valence-corrected chi connectivity index (χ0v) is 18.5. The van der Waals surface area contributed by atoms with Crippen LogP contribution in [-0.2, 0) is 9.59 Å². The Hall–Kier alpha value is -4.36. The second kappa shape index (κ2) is 8.53. The molecule has 0 saturated heterocycles. The van der Waals surface area contributed by atoms with Crippen molar-refractivity contribution in [3.63, 3.8) is 0 Å². The van der Waals surface area contributed by atoms with E-state index in [2.05, 4.69) is 10.6 Å². The molecule has 5 rings (SSSR count). The first kappa shape index (κ1) is 21.5. The molecule has 3 amide bonds. The number of nitrogens with one attached hydrogen (secondary N) is 2. The van der Waals surface area contributed by atoms with Gasteiger partial charge in [0.05, 0.1) is 22.0 Å². The highest BCUT2D eigenvalue weighted by Gasteiger charge is 2.28. The highest BCUT2D eigenvalue weighted by atomic mass is 35.5. The molecule has 0 bridgehead atoms. The van der Waals surface area contributed by atoms with Crippen molar-refractivity contribution in [3.8, 4) is 5.75 Å². The monoisotopic (exact) mass is 471 g/mol. The molecule has 0 saturated carbocycles. The number of amides is 3. The van der Waals surface area contributed by atoms with Gasteiger partial charge >= 0.3 is 0 Å². The Kier molecular flexibility index (Phi) is 5.39. The molecule has 8 heteroatoms. The van der Waals surface area contributed by atoms with Crippen LogP contribution in [0.25, 0.3) is 10.8 Å². The number of halogens is 1. The first-order valence-corrected chi connectivity index (χ1v) is 10.8. The summed E-state index contributed by atoms with van der Waals surface area (Å²) in [7, 11) is 0. The van der Waals surface area contributed by atoms with Gasteiger partial charge in [-0.15, -0.1) is 0 Å². The van der Waals surface area contributed by atoms with Crippen molar-refractivity contribution in [1.29, 1.82) is 0 Å². The van der Waals surface area contributed by atoms with Crippen molar-refractivity contribution in [3.05, 3.63) is 89.4 Å². The smallest absolute Gasteiger partial charge is 0.257 e. The first-order chi connectivity index (χ1) is 16.4. The minimum Gasteiger partial charge on any atom is -0.506 e. The number of fused-ring (bicyclic) bond motifs is 3. The summed E-state index contributed by atoms with van der Waals surface area (Å²) in [6, 6.07) is 22.4. The molecule has 1 heterocycles. The summed E-state index contributed by atoms with van der Waals surface area (Å²) >= 11 is 6.03. The summed E-state index contributed by atoms with van der Waals surface area (Å²) in [6.07, 6.45) is -0.294. The lowest BCUT2D eigenvalue weighted by atomic mass is 10.1. The van der Waals surface area contributed by atoms with Crippen LogP contribution in [0.3, 0.4) is 0 Å². The predicted molar refractivity (Wildman–Crippen MR) is 132 cm³/mol. The molecule has 0 unspecified atom stereocenters. The molecular formula is C26H18ClN3O4. The van der Waals surface area contributed by atoms with Crippen LogP contribution in [-0.4, -0.2) is 22.8 Å². The summed E-state index contributed by atoms with van der Waals surface area (Å²) in [4.78, 5) is 39.5. The average molecular weight is 472 g/mol. The van der Waals surface area contributed by atoms with Crippen molar-refractivity contribution < 1.29 is 19.5 Å². The molecule has 0 atom stereocenters. The van der Waals surface area contributed by atoms with Crippen molar-refractivity contribution in [2.45, 2.75) is 6.42 Å². The van der Waals surface area contributed by atoms with Crippen LogP contribution in [0.1, 0.15) is 16.8 Å². The van der Waals surface area contributed by atoms with Crippen LogP contribution in [0.4, 0.5) is 22.7 Å². The Balaban J connectivity index is 1.49. The van der Waals surface area contributed by atoms with Gasteiger partial charge in [-0.25, -0.2) is 0 Å². The number of carbonyl (C=O) groups is 3. The molecule has 34 heavy (non-hydrogen) atoms. The van der Waals surface area contributed by atoms with E-state index in [4.69, 9.17) is 11.6 Å². The average Bonchev–Trinajstić information content (AvgIpc) is 2.96. The lowest BCUT2D eigenvalue weighted by molar-refractivity contribution is -0.124. The highest BCUT2D eigenvalue weighted by molar-refractivity contribution is 6.35. The lowest BCUT2D eigenvalue weighted by Crippen LogP contribution is -2.26. The third kappa shape index (κ3) is 3.82. The minimum absolute atomic E-state index is 0.0345. The highest BCUT2D eigenvalue weighted by Crippen LogP contribution is 2.40. The summed E-state index contributed by atoms with van der Waals surface area (Å²) in [5.74, 6) is -1.41. The largest absolute Gasteiger partial charge is 0.506 e. The number of benzene rings is 4.